The number of halogens is 1. The van der Waals surface area contributed by atoms with E-state index in [4.69, 9.17) is 16.3 Å². The first-order valence-electron chi connectivity index (χ1n) is 9.57. The molecule has 1 aromatic carbocycles. The summed E-state index contributed by atoms with van der Waals surface area (Å²) in [7, 11) is 0. The second kappa shape index (κ2) is 9.06. The second-order valence-electron chi connectivity index (χ2n) is 8.03. The summed E-state index contributed by atoms with van der Waals surface area (Å²) >= 11 is 7.22. The first-order valence-corrected chi connectivity index (χ1v) is 10.8. The lowest BCUT2D eigenvalue weighted by Gasteiger charge is -2.26. The Balaban J connectivity index is 1.75. The number of benzene rings is 1. The number of amides is 3. The first kappa shape index (κ1) is 22.1. The molecule has 0 radical (unpaired) electrons. The fourth-order valence-electron chi connectivity index (χ4n) is 3.27. The van der Waals surface area contributed by atoms with Gasteiger partial charge < -0.3 is 15.4 Å². The Kier molecular flexibility index (Phi) is 6.67. The highest BCUT2D eigenvalue weighted by Gasteiger charge is 2.32. The molecular formula is C21H24ClN3O4S. The van der Waals surface area contributed by atoms with Crippen LogP contribution in [0.3, 0.4) is 0 Å². The maximum absolute atomic E-state index is 12.5. The minimum Gasteiger partial charge on any atom is -0.460 e. The topological polar surface area (TPSA) is 96.5 Å². The highest BCUT2D eigenvalue weighted by atomic mass is 35.5. The Morgan fingerprint density at radius 2 is 1.90 bits per heavy atom. The van der Waals surface area contributed by atoms with Gasteiger partial charge in [0, 0.05) is 15.6 Å². The fraction of sp³-hybridized carbons (Fsp3) is 0.381. The van der Waals surface area contributed by atoms with Gasteiger partial charge in [-0.3, -0.25) is 14.9 Å². The minimum atomic E-state index is -0.538. The van der Waals surface area contributed by atoms with Gasteiger partial charge in [0.05, 0.1) is 11.6 Å². The average Bonchev–Trinajstić information content (AvgIpc) is 2.99. The molecule has 3 N–H and O–H groups in total. The molecule has 1 aliphatic carbocycles. The Labute approximate surface area is 184 Å². The molecule has 1 unspecified atom stereocenters. The van der Waals surface area contributed by atoms with Gasteiger partial charge in [-0.05, 0) is 69.9 Å². The van der Waals surface area contributed by atoms with Crippen molar-refractivity contribution in [3.8, 4) is 0 Å². The Bertz CT molecular complexity index is 950. The minimum absolute atomic E-state index is 0.221. The van der Waals surface area contributed by atoms with E-state index in [9.17, 15) is 14.4 Å². The molecule has 30 heavy (non-hydrogen) atoms. The number of nitrogens with one attached hydrogen (secondary N) is 3. The zero-order valence-corrected chi connectivity index (χ0v) is 18.6. The van der Waals surface area contributed by atoms with Gasteiger partial charge >= 0.3 is 12.0 Å². The van der Waals surface area contributed by atoms with Crippen LogP contribution in [0, 0.1) is 5.92 Å². The number of rotatable bonds is 5. The monoisotopic (exact) mass is 449 g/mol. The van der Waals surface area contributed by atoms with E-state index in [1.54, 1.807) is 24.3 Å². The van der Waals surface area contributed by atoms with Crippen LogP contribution in [0.25, 0.3) is 0 Å². The van der Waals surface area contributed by atoms with Gasteiger partial charge in [-0.15, -0.1) is 11.3 Å². The van der Waals surface area contributed by atoms with Crippen molar-refractivity contribution < 1.29 is 19.1 Å². The van der Waals surface area contributed by atoms with E-state index in [1.165, 1.54) is 11.3 Å². The maximum atomic E-state index is 12.5. The number of ether oxygens (including phenoxy) is 1. The highest BCUT2D eigenvalue weighted by molar-refractivity contribution is 7.17. The molecule has 0 saturated carbocycles. The van der Waals surface area contributed by atoms with Crippen LogP contribution in [0.2, 0.25) is 5.02 Å². The van der Waals surface area contributed by atoms with Crippen molar-refractivity contribution in [2.24, 2.45) is 5.92 Å². The van der Waals surface area contributed by atoms with E-state index in [-0.39, 0.29) is 11.9 Å². The van der Waals surface area contributed by atoms with E-state index in [0.29, 0.717) is 47.1 Å². The molecule has 0 aliphatic heterocycles. The number of hydrogen-bond donors (Lipinski definition) is 3. The van der Waals surface area contributed by atoms with Crippen LogP contribution < -0.4 is 16.0 Å². The Morgan fingerprint density at radius 3 is 2.53 bits per heavy atom. The molecule has 0 fully saturated rings. The normalized spacial score (nSPS) is 15.7. The zero-order chi connectivity index (χ0) is 21.9. The van der Waals surface area contributed by atoms with Crippen LogP contribution >= 0.6 is 22.9 Å². The number of anilines is 3. The van der Waals surface area contributed by atoms with Gasteiger partial charge in [-0.1, -0.05) is 11.6 Å². The number of carbonyl (C=O) groups is 3. The third-order valence-corrected chi connectivity index (χ3v) is 5.96. The Morgan fingerprint density at radius 1 is 1.20 bits per heavy atom. The number of hydrogen-bond acceptors (Lipinski definition) is 5. The molecule has 1 atom stereocenters. The molecule has 1 aromatic heterocycles. The van der Waals surface area contributed by atoms with E-state index in [1.807, 2.05) is 20.8 Å². The number of fused-ring (bicyclic) bond motifs is 1. The first-order chi connectivity index (χ1) is 14.2. The van der Waals surface area contributed by atoms with E-state index >= 15 is 0 Å². The molecule has 0 bridgehead atoms. The highest BCUT2D eigenvalue weighted by Crippen LogP contribution is 2.43. The molecule has 0 spiro atoms. The summed E-state index contributed by atoms with van der Waals surface area (Å²) in [6.07, 6.45) is 2.35. The van der Waals surface area contributed by atoms with Gasteiger partial charge in [-0.2, -0.15) is 0 Å². The molecule has 160 valence electrons. The van der Waals surface area contributed by atoms with E-state index < -0.39 is 11.6 Å². The molecule has 1 heterocycles. The molecule has 3 amide bonds. The number of carbonyl (C=O) groups excluding carboxylic acids is 3. The predicted molar refractivity (Wildman–Crippen MR) is 119 cm³/mol. The summed E-state index contributed by atoms with van der Waals surface area (Å²) in [5.41, 5.74) is 1.59. The van der Waals surface area contributed by atoms with Crippen molar-refractivity contribution >= 4 is 57.7 Å². The van der Waals surface area contributed by atoms with E-state index in [0.717, 1.165) is 10.4 Å². The van der Waals surface area contributed by atoms with Crippen LogP contribution in [0.15, 0.2) is 24.3 Å². The van der Waals surface area contributed by atoms with Crippen molar-refractivity contribution in [1.29, 1.82) is 0 Å². The van der Waals surface area contributed by atoms with Crippen LogP contribution in [-0.4, -0.2) is 24.0 Å². The zero-order valence-electron chi connectivity index (χ0n) is 17.0. The quantitative estimate of drug-likeness (QED) is 0.439. The van der Waals surface area contributed by atoms with Crippen molar-refractivity contribution in [3.63, 3.8) is 0 Å². The van der Waals surface area contributed by atoms with Crippen molar-refractivity contribution in [1.82, 2.24) is 0 Å². The number of esters is 1. The van der Waals surface area contributed by atoms with Gasteiger partial charge in [0.2, 0.25) is 6.41 Å². The van der Waals surface area contributed by atoms with Gasteiger partial charge in [0.15, 0.2) is 0 Å². The lowest BCUT2D eigenvalue weighted by atomic mass is 9.88. The predicted octanol–water partition coefficient (Wildman–Crippen LogP) is 5.06. The van der Waals surface area contributed by atoms with Crippen LogP contribution in [-0.2, 0) is 27.2 Å². The summed E-state index contributed by atoms with van der Waals surface area (Å²) < 4.78 is 5.52. The molecule has 2 aromatic rings. The fourth-order valence-corrected chi connectivity index (χ4v) is 4.68. The summed E-state index contributed by atoms with van der Waals surface area (Å²) in [4.78, 5) is 37.0. The molecular weight excluding hydrogens is 426 g/mol. The van der Waals surface area contributed by atoms with Gasteiger partial charge in [0.1, 0.15) is 10.6 Å². The average molecular weight is 450 g/mol. The van der Waals surface area contributed by atoms with Gasteiger partial charge in [0.25, 0.3) is 0 Å². The summed E-state index contributed by atoms with van der Waals surface area (Å²) in [6.45, 7) is 5.53. The molecule has 9 heteroatoms. The summed E-state index contributed by atoms with van der Waals surface area (Å²) in [5, 5.41) is 9.32. The number of thiophene rings is 1. The largest absolute Gasteiger partial charge is 0.460 e. The molecule has 7 nitrogen and oxygen atoms in total. The molecule has 1 aliphatic rings. The van der Waals surface area contributed by atoms with Crippen LogP contribution in [0.1, 0.15) is 37.6 Å². The maximum Gasteiger partial charge on any atom is 0.324 e. The summed E-state index contributed by atoms with van der Waals surface area (Å²) in [6, 6.07) is 6.30. The van der Waals surface area contributed by atoms with Crippen molar-refractivity contribution in [3.05, 3.63) is 39.7 Å². The number of urea groups is 1. The second-order valence-corrected chi connectivity index (χ2v) is 9.57. The van der Waals surface area contributed by atoms with Crippen LogP contribution in [0.5, 0.6) is 0 Å². The third-order valence-electron chi connectivity index (χ3n) is 4.54. The molecule has 0 saturated heterocycles. The summed E-state index contributed by atoms with van der Waals surface area (Å²) in [5.74, 6) is -0.461. The van der Waals surface area contributed by atoms with E-state index in [2.05, 4.69) is 16.0 Å². The third kappa shape index (κ3) is 5.52. The van der Waals surface area contributed by atoms with Crippen LogP contribution in [0.4, 0.5) is 21.2 Å². The SMILES string of the molecule is CC(C)(C)OC(=O)C1CCc2c(sc(NC(=O)Nc3ccc(Cl)cc3)c2NC=O)C1. The lowest BCUT2D eigenvalue weighted by Crippen LogP contribution is -2.31. The van der Waals surface area contributed by atoms with Crippen molar-refractivity contribution in [2.45, 2.75) is 45.6 Å². The van der Waals surface area contributed by atoms with Gasteiger partial charge in [-0.25, -0.2) is 4.79 Å². The molecule has 3 rings (SSSR count). The lowest BCUT2D eigenvalue weighted by molar-refractivity contribution is -0.160. The standard InChI is InChI=1S/C21H24ClN3O4S/c1-21(2,3)29-19(27)12-4-9-15-16(10-12)30-18(17(15)23-11-26)25-20(28)24-14-7-5-13(22)6-8-14/h5-8,11-12H,4,9-10H2,1-3H3,(H,23,26)(H2,24,25,28). The Hall–Kier alpha value is -2.58. The smallest absolute Gasteiger partial charge is 0.324 e. The van der Waals surface area contributed by atoms with Crippen molar-refractivity contribution in [2.75, 3.05) is 16.0 Å².